The van der Waals surface area contributed by atoms with Crippen molar-refractivity contribution in [1.29, 1.82) is 0 Å². The highest BCUT2D eigenvalue weighted by Crippen LogP contribution is 2.21. The van der Waals surface area contributed by atoms with Gasteiger partial charge >= 0.3 is 0 Å². The summed E-state index contributed by atoms with van der Waals surface area (Å²) in [6.07, 6.45) is 4.62. The Labute approximate surface area is 156 Å². The molecule has 1 aliphatic heterocycles. The van der Waals surface area contributed by atoms with Crippen molar-refractivity contribution < 1.29 is 0 Å². The van der Waals surface area contributed by atoms with Crippen molar-refractivity contribution in [2.75, 3.05) is 19.6 Å². The summed E-state index contributed by atoms with van der Waals surface area (Å²) in [6.45, 7) is 11.3. The zero-order valence-corrected chi connectivity index (χ0v) is 16.1. The minimum Gasteiger partial charge on any atom is -0.357 e. The molecule has 3 rings (SSSR count). The molecular weight excluding hydrogens is 324 g/mol. The van der Waals surface area contributed by atoms with Gasteiger partial charge in [0, 0.05) is 19.6 Å². The van der Waals surface area contributed by atoms with Gasteiger partial charge in [-0.25, -0.2) is 14.7 Å². The molecule has 2 aromatic rings. The van der Waals surface area contributed by atoms with E-state index in [4.69, 9.17) is 4.99 Å². The van der Waals surface area contributed by atoms with Crippen molar-refractivity contribution in [3.8, 4) is 0 Å². The van der Waals surface area contributed by atoms with E-state index >= 15 is 0 Å². The molecule has 0 amide bonds. The van der Waals surface area contributed by atoms with Gasteiger partial charge in [0.25, 0.3) is 0 Å². The van der Waals surface area contributed by atoms with E-state index in [1.165, 1.54) is 17.5 Å². The smallest absolute Gasteiger partial charge is 0.194 e. The average molecular weight is 355 g/mol. The Morgan fingerprint density at radius 3 is 2.69 bits per heavy atom. The maximum atomic E-state index is 4.91. The van der Waals surface area contributed by atoms with Crippen LogP contribution in [0.25, 0.3) is 0 Å². The van der Waals surface area contributed by atoms with Crippen molar-refractivity contribution in [1.82, 2.24) is 25.0 Å². The molecule has 26 heavy (non-hydrogen) atoms. The summed E-state index contributed by atoms with van der Waals surface area (Å²) in [5.74, 6) is 2.47. The summed E-state index contributed by atoms with van der Waals surface area (Å²) in [7, 11) is 0. The molecule has 6 nitrogen and oxygen atoms in total. The summed E-state index contributed by atoms with van der Waals surface area (Å²) in [5, 5.41) is 7.64. The summed E-state index contributed by atoms with van der Waals surface area (Å²) in [5.41, 5.74) is 2.43. The molecule has 0 spiro atoms. The van der Waals surface area contributed by atoms with Crippen molar-refractivity contribution in [2.24, 2.45) is 16.8 Å². The number of likely N-dealkylation sites (tertiary alicyclic amines) is 1. The van der Waals surface area contributed by atoms with E-state index in [2.05, 4.69) is 65.3 Å². The minimum atomic E-state index is 0.687. The van der Waals surface area contributed by atoms with Crippen LogP contribution in [0, 0.1) is 11.8 Å². The summed E-state index contributed by atoms with van der Waals surface area (Å²) >= 11 is 0. The van der Waals surface area contributed by atoms with Gasteiger partial charge in [-0.1, -0.05) is 38.1 Å². The fourth-order valence-electron chi connectivity index (χ4n) is 3.76. The maximum absolute atomic E-state index is 4.91. The molecule has 2 atom stereocenters. The fourth-order valence-corrected chi connectivity index (χ4v) is 3.76. The maximum Gasteiger partial charge on any atom is 0.194 e. The molecule has 2 heterocycles. The van der Waals surface area contributed by atoms with E-state index < -0.39 is 0 Å². The van der Waals surface area contributed by atoms with Crippen LogP contribution in [0.3, 0.4) is 0 Å². The molecule has 0 saturated carbocycles. The van der Waals surface area contributed by atoms with Crippen LogP contribution in [0.1, 0.15) is 38.3 Å². The molecular formula is C20H30N6. The number of rotatable bonds is 5. The van der Waals surface area contributed by atoms with E-state index in [1.807, 2.05) is 4.68 Å². The van der Waals surface area contributed by atoms with Crippen LogP contribution < -0.4 is 5.32 Å². The van der Waals surface area contributed by atoms with Crippen LogP contribution in [0.5, 0.6) is 0 Å². The number of aromatic nitrogens is 3. The highest BCUT2D eigenvalue weighted by atomic mass is 15.3. The first kappa shape index (κ1) is 18.4. The Bertz CT molecular complexity index is 699. The quantitative estimate of drug-likeness (QED) is 0.663. The summed E-state index contributed by atoms with van der Waals surface area (Å²) in [6, 6.07) is 8.55. The van der Waals surface area contributed by atoms with Gasteiger partial charge < -0.3 is 10.2 Å². The second-order valence-corrected chi connectivity index (χ2v) is 7.43. The molecule has 1 aromatic carbocycles. The van der Waals surface area contributed by atoms with Crippen LogP contribution in [0.2, 0.25) is 0 Å². The second kappa shape index (κ2) is 8.83. The number of nitrogens with zero attached hydrogens (tertiary/aromatic N) is 5. The molecule has 0 aliphatic carbocycles. The van der Waals surface area contributed by atoms with Crippen LogP contribution in [-0.4, -0.2) is 45.3 Å². The fraction of sp³-hybridized carbons (Fsp3) is 0.550. The monoisotopic (exact) mass is 354 g/mol. The third-order valence-electron chi connectivity index (χ3n) is 4.72. The van der Waals surface area contributed by atoms with Crippen molar-refractivity contribution in [3.63, 3.8) is 0 Å². The van der Waals surface area contributed by atoms with E-state index in [0.29, 0.717) is 18.4 Å². The molecule has 1 aromatic heterocycles. The van der Waals surface area contributed by atoms with Crippen molar-refractivity contribution in [2.45, 2.75) is 40.3 Å². The van der Waals surface area contributed by atoms with Crippen LogP contribution in [-0.2, 0) is 13.1 Å². The molecule has 140 valence electrons. The molecule has 0 radical (unpaired) electrons. The van der Waals surface area contributed by atoms with Gasteiger partial charge in [0.1, 0.15) is 12.7 Å². The molecule has 0 bridgehead atoms. The Balaban J connectivity index is 1.69. The van der Waals surface area contributed by atoms with E-state index in [-0.39, 0.29) is 0 Å². The Hall–Kier alpha value is -2.37. The third kappa shape index (κ3) is 5.07. The first-order valence-electron chi connectivity index (χ1n) is 9.57. The third-order valence-corrected chi connectivity index (χ3v) is 4.72. The first-order valence-corrected chi connectivity index (χ1v) is 9.57. The zero-order chi connectivity index (χ0) is 18.4. The number of hydrogen-bond donors (Lipinski definition) is 1. The van der Waals surface area contributed by atoms with Gasteiger partial charge in [-0.05, 0) is 36.3 Å². The van der Waals surface area contributed by atoms with Gasteiger partial charge in [-0.15, -0.1) is 0 Å². The van der Waals surface area contributed by atoms with Gasteiger partial charge in [0.15, 0.2) is 5.96 Å². The lowest BCUT2D eigenvalue weighted by Crippen LogP contribution is -2.48. The van der Waals surface area contributed by atoms with Crippen molar-refractivity contribution >= 4 is 5.96 Å². The standard InChI is InChI=1S/C20H30N6/c1-4-22-20(25-11-16(2)8-17(3)12-25)23-10-18-6-5-7-19(9-18)13-26-15-21-14-24-26/h5-7,9,14-17H,4,8,10-13H2,1-3H3,(H,22,23). The number of piperidine rings is 1. The molecule has 2 unspecified atom stereocenters. The van der Waals surface area contributed by atoms with Crippen molar-refractivity contribution in [3.05, 3.63) is 48.0 Å². The predicted octanol–water partition coefficient (Wildman–Crippen LogP) is 2.77. The Morgan fingerprint density at radius 1 is 1.23 bits per heavy atom. The van der Waals surface area contributed by atoms with Gasteiger partial charge in [-0.2, -0.15) is 5.10 Å². The zero-order valence-electron chi connectivity index (χ0n) is 16.1. The number of benzene rings is 1. The van der Waals surface area contributed by atoms with Crippen LogP contribution in [0.4, 0.5) is 0 Å². The normalized spacial score (nSPS) is 21.0. The largest absolute Gasteiger partial charge is 0.357 e. The number of hydrogen-bond acceptors (Lipinski definition) is 3. The Kier molecular flexibility index (Phi) is 6.26. The van der Waals surface area contributed by atoms with E-state index in [0.717, 1.165) is 32.1 Å². The highest BCUT2D eigenvalue weighted by Gasteiger charge is 2.23. The van der Waals surface area contributed by atoms with E-state index in [1.54, 1.807) is 12.7 Å². The van der Waals surface area contributed by atoms with Crippen LogP contribution >= 0.6 is 0 Å². The van der Waals surface area contributed by atoms with Crippen LogP contribution in [0.15, 0.2) is 41.9 Å². The molecule has 1 fully saturated rings. The van der Waals surface area contributed by atoms with Gasteiger partial charge in [-0.3, -0.25) is 0 Å². The van der Waals surface area contributed by atoms with Gasteiger partial charge in [0.05, 0.1) is 13.1 Å². The number of nitrogens with one attached hydrogen (secondary N) is 1. The lowest BCUT2D eigenvalue weighted by atomic mass is 9.92. The summed E-state index contributed by atoms with van der Waals surface area (Å²) < 4.78 is 1.84. The number of guanidine groups is 1. The average Bonchev–Trinajstić information content (AvgIpc) is 3.11. The predicted molar refractivity (Wildman–Crippen MR) is 105 cm³/mol. The molecule has 1 N–H and O–H groups in total. The van der Waals surface area contributed by atoms with Gasteiger partial charge in [0.2, 0.25) is 0 Å². The molecule has 1 aliphatic rings. The second-order valence-electron chi connectivity index (χ2n) is 7.43. The van der Waals surface area contributed by atoms with E-state index in [9.17, 15) is 0 Å². The Morgan fingerprint density at radius 2 is 2.00 bits per heavy atom. The number of aliphatic imine (C=N–C) groups is 1. The highest BCUT2D eigenvalue weighted by molar-refractivity contribution is 5.80. The topological polar surface area (TPSA) is 58.3 Å². The SMILES string of the molecule is CCNC(=NCc1cccc(Cn2cncn2)c1)N1CC(C)CC(C)C1. The minimum absolute atomic E-state index is 0.687. The lowest BCUT2D eigenvalue weighted by molar-refractivity contribution is 0.208. The first-order chi connectivity index (χ1) is 12.6. The summed E-state index contributed by atoms with van der Waals surface area (Å²) in [4.78, 5) is 11.3. The lowest BCUT2D eigenvalue weighted by Gasteiger charge is -2.37. The molecule has 6 heteroatoms. The molecule has 1 saturated heterocycles.